The van der Waals surface area contributed by atoms with Crippen LogP contribution in [0.3, 0.4) is 0 Å². The number of aromatic nitrogens is 1. The number of amides is 1. The molecule has 1 unspecified atom stereocenters. The first-order valence-electron chi connectivity index (χ1n) is 7.78. The Morgan fingerprint density at radius 2 is 2.04 bits per heavy atom. The van der Waals surface area contributed by atoms with Crippen LogP contribution in [0, 0.1) is 11.3 Å². The van der Waals surface area contributed by atoms with Gasteiger partial charge in [0.2, 0.25) is 17.5 Å². The number of carbonyl (C=O) groups excluding carboxylic acids is 1. The lowest BCUT2D eigenvalue weighted by atomic mass is 10.0. The van der Waals surface area contributed by atoms with Crippen molar-refractivity contribution in [3.05, 3.63) is 32.4 Å². The van der Waals surface area contributed by atoms with E-state index in [0.717, 1.165) is 0 Å². The molecule has 2 rings (SSSR count). The zero-order chi connectivity index (χ0) is 20.3. The van der Waals surface area contributed by atoms with E-state index >= 15 is 0 Å². The first kappa shape index (κ1) is 24.3. The van der Waals surface area contributed by atoms with Crippen LogP contribution in [-0.2, 0) is 11.2 Å². The number of nitrogens with zero attached hydrogens (tertiary/aromatic N) is 3. The van der Waals surface area contributed by atoms with Crippen LogP contribution < -0.4 is 5.32 Å². The van der Waals surface area contributed by atoms with Gasteiger partial charge in [0.15, 0.2) is 0 Å². The van der Waals surface area contributed by atoms with Crippen molar-refractivity contribution in [2.24, 2.45) is 0 Å². The predicted octanol–water partition coefficient (Wildman–Crippen LogP) is 5.27. The highest BCUT2D eigenvalue weighted by molar-refractivity contribution is 6.45. The second-order valence-corrected chi connectivity index (χ2v) is 7.12. The highest BCUT2D eigenvalue weighted by Gasteiger charge is 2.23. The van der Waals surface area contributed by atoms with E-state index in [0.29, 0.717) is 22.6 Å². The molecule has 2 aromatic rings. The van der Waals surface area contributed by atoms with Gasteiger partial charge in [0.25, 0.3) is 0 Å². The van der Waals surface area contributed by atoms with E-state index in [1.54, 1.807) is 6.07 Å². The number of hydrogen-bond acceptors (Lipinski definition) is 6. The molecule has 0 aliphatic heterocycles. The van der Waals surface area contributed by atoms with Crippen LogP contribution in [0.15, 0.2) is 10.5 Å². The molecule has 0 fully saturated rings. The van der Waals surface area contributed by atoms with Crippen molar-refractivity contribution in [3.63, 3.8) is 0 Å². The minimum atomic E-state index is -0.801. The van der Waals surface area contributed by atoms with Crippen LogP contribution in [0.5, 0.6) is 0 Å². The molecule has 1 atom stereocenters. The summed E-state index contributed by atoms with van der Waals surface area (Å²) in [6.07, 6.45) is -0.209. The molecular weight excluding hydrogens is 450 g/mol. The Labute approximate surface area is 183 Å². The van der Waals surface area contributed by atoms with Gasteiger partial charge in [-0.25, -0.2) is 4.79 Å². The Morgan fingerprint density at radius 1 is 1.39 bits per heavy atom. The number of oxazole rings is 1. The third-order valence-corrected chi connectivity index (χ3v) is 5.24. The van der Waals surface area contributed by atoms with Gasteiger partial charge >= 0.3 is 6.09 Å². The molecule has 1 aromatic carbocycles. The van der Waals surface area contributed by atoms with Crippen molar-refractivity contribution in [1.29, 1.82) is 5.26 Å². The fraction of sp³-hybridized carbons (Fsp3) is 0.353. The second kappa shape index (κ2) is 10.2. The van der Waals surface area contributed by atoms with Gasteiger partial charge in [-0.15, -0.1) is 12.4 Å². The van der Waals surface area contributed by atoms with Gasteiger partial charge < -0.3 is 14.1 Å². The summed E-state index contributed by atoms with van der Waals surface area (Å²) in [5, 5.41) is 12.3. The van der Waals surface area contributed by atoms with Crippen LogP contribution in [0.25, 0.3) is 11.5 Å². The number of ether oxygens (including phenoxy) is 1. The van der Waals surface area contributed by atoms with E-state index in [9.17, 15) is 10.1 Å². The molecular formula is C17H18Cl4N4O3. The number of hydrogen-bond donors (Lipinski definition) is 1. The summed E-state index contributed by atoms with van der Waals surface area (Å²) in [7, 11) is 5.09. The molecule has 0 bridgehead atoms. The number of rotatable bonds is 5. The normalized spacial score (nSPS) is 11.5. The zero-order valence-electron chi connectivity index (χ0n) is 15.5. The molecule has 152 valence electrons. The maximum Gasteiger partial charge on any atom is 0.413 e. The fourth-order valence-corrected chi connectivity index (χ4v) is 3.05. The van der Waals surface area contributed by atoms with Gasteiger partial charge in [-0.3, -0.25) is 5.32 Å². The topological polar surface area (TPSA) is 91.4 Å². The molecule has 0 radical (unpaired) electrons. The average molecular weight is 468 g/mol. The monoisotopic (exact) mass is 466 g/mol. The summed E-state index contributed by atoms with van der Waals surface area (Å²) in [6.45, 7) is 2.03. The SMILES string of the molecule is COC(=O)Nc1oc(-c2cc(Cl)c(CC(C)N(C)C)c(Cl)c2Cl)nc1C#N.Cl. The van der Waals surface area contributed by atoms with E-state index < -0.39 is 6.09 Å². The Balaban J connectivity index is 0.00000392. The average Bonchev–Trinajstić information content (AvgIpc) is 3.03. The van der Waals surface area contributed by atoms with Gasteiger partial charge in [-0.05, 0) is 39.1 Å². The van der Waals surface area contributed by atoms with Crippen LogP contribution >= 0.6 is 47.2 Å². The lowest BCUT2D eigenvalue weighted by molar-refractivity contribution is 0.186. The molecule has 0 saturated heterocycles. The minimum Gasteiger partial charge on any atom is -0.453 e. The van der Waals surface area contributed by atoms with E-state index in [-0.39, 0.29) is 46.0 Å². The van der Waals surface area contributed by atoms with Crippen molar-refractivity contribution >= 4 is 59.2 Å². The van der Waals surface area contributed by atoms with Crippen molar-refractivity contribution in [3.8, 4) is 17.5 Å². The lowest BCUT2D eigenvalue weighted by Gasteiger charge is -2.21. The quantitative estimate of drug-likeness (QED) is 0.602. The minimum absolute atomic E-state index is 0. The number of anilines is 1. The van der Waals surface area contributed by atoms with Crippen LogP contribution in [0.1, 0.15) is 18.2 Å². The summed E-state index contributed by atoms with van der Waals surface area (Å²) in [6, 6.07) is 3.58. The molecule has 1 aromatic heterocycles. The number of benzene rings is 1. The van der Waals surface area contributed by atoms with E-state index in [1.165, 1.54) is 7.11 Å². The molecule has 1 amide bonds. The predicted molar refractivity (Wildman–Crippen MR) is 112 cm³/mol. The molecule has 0 aliphatic carbocycles. The van der Waals surface area contributed by atoms with Crippen molar-refractivity contribution in [2.75, 3.05) is 26.5 Å². The molecule has 0 aliphatic rings. The maximum atomic E-state index is 11.4. The Kier molecular flexibility index (Phi) is 8.86. The van der Waals surface area contributed by atoms with Gasteiger partial charge in [0.1, 0.15) is 6.07 Å². The van der Waals surface area contributed by atoms with E-state index in [4.69, 9.17) is 39.2 Å². The van der Waals surface area contributed by atoms with E-state index in [2.05, 4.69) is 15.0 Å². The molecule has 1 heterocycles. The second-order valence-electron chi connectivity index (χ2n) is 5.95. The first-order chi connectivity index (χ1) is 12.7. The van der Waals surface area contributed by atoms with Gasteiger partial charge in [-0.2, -0.15) is 10.2 Å². The number of carbonyl (C=O) groups is 1. The summed E-state index contributed by atoms with van der Waals surface area (Å²) in [4.78, 5) is 17.4. The summed E-state index contributed by atoms with van der Waals surface area (Å²) < 4.78 is 9.94. The Hall–Kier alpha value is -1.69. The highest BCUT2D eigenvalue weighted by Crippen LogP contribution is 2.41. The zero-order valence-corrected chi connectivity index (χ0v) is 18.6. The molecule has 0 saturated carbocycles. The first-order valence-corrected chi connectivity index (χ1v) is 8.92. The third kappa shape index (κ3) is 5.22. The smallest absolute Gasteiger partial charge is 0.413 e. The molecule has 0 spiro atoms. The number of halogens is 4. The summed E-state index contributed by atoms with van der Waals surface area (Å²) in [5.74, 6) is -0.160. The van der Waals surface area contributed by atoms with Crippen molar-refractivity contribution < 1.29 is 13.9 Å². The molecule has 1 N–H and O–H groups in total. The Bertz CT molecular complexity index is 909. The van der Waals surface area contributed by atoms with Gasteiger partial charge in [0.05, 0.1) is 22.7 Å². The largest absolute Gasteiger partial charge is 0.453 e. The standard InChI is InChI=1S/C17H17Cl3N4O3.ClH/c1-8(24(2)3)5-9-11(18)6-10(14(20)13(9)19)15-22-12(7-21)16(27-15)23-17(25)26-4;/h6,8H,5H2,1-4H3,(H,23,25);1H. The molecule has 28 heavy (non-hydrogen) atoms. The Morgan fingerprint density at radius 3 is 2.57 bits per heavy atom. The van der Waals surface area contributed by atoms with Crippen molar-refractivity contribution in [1.82, 2.24) is 9.88 Å². The maximum absolute atomic E-state index is 11.4. The van der Waals surface area contributed by atoms with Gasteiger partial charge in [0, 0.05) is 11.1 Å². The summed E-state index contributed by atoms with van der Waals surface area (Å²) >= 11 is 19.2. The van der Waals surface area contributed by atoms with Crippen LogP contribution in [0.4, 0.5) is 10.7 Å². The van der Waals surface area contributed by atoms with Gasteiger partial charge in [-0.1, -0.05) is 34.8 Å². The fourth-order valence-electron chi connectivity index (χ4n) is 2.19. The number of likely N-dealkylation sites (N-methyl/N-ethyl adjacent to an activating group) is 1. The third-order valence-electron chi connectivity index (χ3n) is 4.00. The number of nitrogens with one attached hydrogen (secondary N) is 1. The number of methoxy groups -OCH3 is 1. The van der Waals surface area contributed by atoms with Crippen LogP contribution in [-0.4, -0.2) is 43.2 Å². The van der Waals surface area contributed by atoms with Crippen molar-refractivity contribution in [2.45, 2.75) is 19.4 Å². The summed E-state index contributed by atoms with van der Waals surface area (Å²) in [5.41, 5.74) is 0.875. The lowest BCUT2D eigenvalue weighted by Crippen LogP contribution is -2.26. The molecule has 11 heteroatoms. The van der Waals surface area contributed by atoms with Crippen LogP contribution in [0.2, 0.25) is 15.1 Å². The molecule has 7 nitrogen and oxygen atoms in total. The number of nitriles is 1. The highest BCUT2D eigenvalue weighted by atomic mass is 35.5. The van der Waals surface area contributed by atoms with E-state index in [1.807, 2.05) is 32.0 Å².